The molecule has 5 heteroatoms. The van der Waals surface area contributed by atoms with Gasteiger partial charge in [0, 0.05) is 24.3 Å². The molecule has 2 heterocycles. The Morgan fingerprint density at radius 3 is 3.11 bits per heavy atom. The third-order valence-electron chi connectivity index (χ3n) is 3.78. The molecule has 1 aromatic rings. The molecule has 2 aliphatic heterocycles. The van der Waals surface area contributed by atoms with Crippen molar-refractivity contribution in [1.82, 2.24) is 0 Å². The minimum atomic E-state index is -0.913. The molecule has 0 aliphatic carbocycles. The topological polar surface area (TPSA) is 58.6 Å². The number of carboxylic acid groups (broad SMARTS) is 1. The number of carbonyl (C=O) groups is 1. The molecule has 0 bridgehead atoms. The molecule has 0 radical (unpaired) electrons. The van der Waals surface area contributed by atoms with Crippen LogP contribution in [0.1, 0.15) is 17.9 Å². The third-order valence-corrected chi connectivity index (χ3v) is 3.78. The molecule has 1 aromatic carbocycles. The van der Waals surface area contributed by atoms with Gasteiger partial charge in [-0.15, -0.1) is 0 Å². The summed E-state index contributed by atoms with van der Waals surface area (Å²) in [7, 11) is 0. The van der Waals surface area contributed by atoms with E-state index < -0.39 is 17.7 Å². The lowest BCUT2D eigenvalue weighted by Crippen LogP contribution is -2.46. The van der Waals surface area contributed by atoms with Crippen molar-refractivity contribution in [3.8, 4) is 0 Å². The van der Waals surface area contributed by atoms with Crippen LogP contribution in [-0.4, -0.2) is 30.3 Å². The van der Waals surface area contributed by atoms with Gasteiger partial charge in [-0.25, -0.2) is 4.39 Å². The van der Waals surface area contributed by atoms with E-state index in [0.29, 0.717) is 18.8 Å². The number of carboxylic acids is 1. The molecule has 3 atom stereocenters. The Morgan fingerprint density at radius 2 is 2.33 bits per heavy atom. The van der Waals surface area contributed by atoms with Gasteiger partial charge in [-0.2, -0.15) is 0 Å². The van der Waals surface area contributed by atoms with E-state index in [1.807, 2.05) is 0 Å². The van der Waals surface area contributed by atoms with Crippen molar-refractivity contribution in [2.45, 2.75) is 18.4 Å². The molecule has 3 unspecified atom stereocenters. The fourth-order valence-electron chi connectivity index (χ4n) is 2.94. The summed E-state index contributed by atoms with van der Waals surface area (Å²) in [5, 5.41) is 12.7. The van der Waals surface area contributed by atoms with Crippen LogP contribution >= 0.6 is 0 Å². The molecule has 4 nitrogen and oxygen atoms in total. The molecule has 2 aliphatic rings. The summed E-state index contributed by atoms with van der Waals surface area (Å²) in [4.78, 5) is 11.5. The summed E-state index contributed by atoms with van der Waals surface area (Å²) in [6, 6.07) is 4.38. The quantitative estimate of drug-likeness (QED) is 0.799. The van der Waals surface area contributed by atoms with Gasteiger partial charge in [0.05, 0.1) is 12.5 Å². The fraction of sp³-hybridized carbons (Fsp3) is 0.462. The zero-order valence-electron chi connectivity index (χ0n) is 9.73. The lowest BCUT2D eigenvalue weighted by Gasteiger charge is -2.41. The minimum Gasteiger partial charge on any atom is -0.481 e. The second-order valence-electron chi connectivity index (χ2n) is 4.83. The maximum Gasteiger partial charge on any atom is 0.311 e. The second kappa shape index (κ2) is 4.24. The van der Waals surface area contributed by atoms with Gasteiger partial charge in [-0.1, -0.05) is 0 Å². The van der Waals surface area contributed by atoms with Crippen LogP contribution in [0.2, 0.25) is 0 Å². The first-order valence-corrected chi connectivity index (χ1v) is 6.03. The van der Waals surface area contributed by atoms with E-state index in [4.69, 9.17) is 4.74 Å². The van der Waals surface area contributed by atoms with E-state index in [1.165, 1.54) is 12.1 Å². The Balaban J connectivity index is 2.07. The number of benzene rings is 1. The first-order chi connectivity index (χ1) is 8.66. The Bertz CT molecular complexity index is 491. The van der Waals surface area contributed by atoms with Crippen LogP contribution in [0.25, 0.3) is 0 Å². The van der Waals surface area contributed by atoms with Gasteiger partial charge in [0.2, 0.25) is 0 Å². The normalized spacial score (nSPS) is 29.9. The van der Waals surface area contributed by atoms with Gasteiger partial charge < -0.3 is 15.2 Å². The molecule has 96 valence electrons. The van der Waals surface area contributed by atoms with Crippen molar-refractivity contribution in [2.24, 2.45) is 5.92 Å². The average molecular weight is 251 g/mol. The molecule has 0 spiro atoms. The molecular formula is C13H14FNO3. The van der Waals surface area contributed by atoms with Crippen molar-refractivity contribution >= 4 is 11.7 Å². The summed E-state index contributed by atoms with van der Waals surface area (Å²) in [6.45, 7) is 1.04. The van der Waals surface area contributed by atoms with Crippen LogP contribution in [0.15, 0.2) is 18.2 Å². The Morgan fingerprint density at radius 1 is 1.50 bits per heavy atom. The standard InChI is InChI=1S/C13H14FNO3/c14-7-1-2-10-8(5-7)12(13(16)17)9-6-18-4-3-11(9)15-10/h1-2,5,9,11-12,15H,3-4,6H2,(H,16,17). The third kappa shape index (κ3) is 1.75. The molecule has 1 fully saturated rings. The van der Waals surface area contributed by atoms with Gasteiger partial charge in [0.1, 0.15) is 5.82 Å². The van der Waals surface area contributed by atoms with Crippen LogP contribution < -0.4 is 5.32 Å². The molecular weight excluding hydrogens is 237 g/mol. The van der Waals surface area contributed by atoms with E-state index in [2.05, 4.69) is 5.32 Å². The van der Waals surface area contributed by atoms with Crippen molar-refractivity contribution in [2.75, 3.05) is 18.5 Å². The summed E-state index contributed by atoms with van der Waals surface area (Å²) in [5.41, 5.74) is 1.25. The van der Waals surface area contributed by atoms with Crippen LogP contribution in [0.3, 0.4) is 0 Å². The molecule has 18 heavy (non-hydrogen) atoms. The number of hydrogen-bond acceptors (Lipinski definition) is 3. The smallest absolute Gasteiger partial charge is 0.311 e. The number of hydrogen-bond donors (Lipinski definition) is 2. The fourth-order valence-corrected chi connectivity index (χ4v) is 2.94. The highest BCUT2D eigenvalue weighted by molar-refractivity contribution is 5.81. The van der Waals surface area contributed by atoms with Crippen molar-refractivity contribution in [3.63, 3.8) is 0 Å². The Labute approximate surface area is 104 Å². The monoisotopic (exact) mass is 251 g/mol. The molecule has 0 saturated carbocycles. The van der Waals surface area contributed by atoms with Gasteiger partial charge >= 0.3 is 5.97 Å². The highest BCUT2D eigenvalue weighted by atomic mass is 19.1. The number of ether oxygens (including phenoxy) is 1. The lowest BCUT2D eigenvalue weighted by atomic mass is 9.76. The van der Waals surface area contributed by atoms with E-state index >= 15 is 0 Å². The predicted octanol–water partition coefficient (Wildman–Crippen LogP) is 1.82. The number of aliphatic carboxylic acids is 1. The number of halogens is 1. The maximum absolute atomic E-state index is 13.3. The van der Waals surface area contributed by atoms with Crippen molar-refractivity contribution < 1.29 is 19.0 Å². The average Bonchev–Trinajstić information content (AvgIpc) is 2.35. The zero-order chi connectivity index (χ0) is 12.7. The first kappa shape index (κ1) is 11.5. The van der Waals surface area contributed by atoms with Gasteiger partial charge in [-0.05, 0) is 30.2 Å². The number of rotatable bonds is 1. The van der Waals surface area contributed by atoms with Crippen LogP contribution in [0.4, 0.5) is 10.1 Å². The van der Waals surface area contributed by atoms with Crippen LogP contribution in [-0.2, 0) is 9.53 Å². The second-order valence-corrected chi connectivity index (χ2v) is 4.83. The molecule has 3 rings (SSSR count). The summed E-state index contributed by atoms with van der Waals surface area (Å²) >= 11 is 0. The number of fused-ring (bicyclic) bond motifs is 2. The predicted molar refractivity (Wildman–Crippen MR) is 63.1 cm³/mol. The molecule has 1 saturated heterocycles. The SMILES string of the molecule is O=C(O)C1c2cc(F)ccc2NC2CCOCC21. The summed E-state index contributed by atoms with van der Waals surface area (Å²) in [6.07, 6.45) is 0.783. The van der Waals surface area contributed by atoms with E-state index in [-0.39, 0.29) is 12.0 Å². The van der Waals surface area contributed by atoms with Crippen LogP contribution in [0, 0.1) is 11.7 Å². The maximum atomic E-state index is 13.3. The highest BCUT2D eigenvalue weighted by Gasteiger charge is 2.42. The lowest BCUT2D eigenvalue weighted by molar-refractivity contribution is -0.142. The molecule has 0 amide bonds. The van der Waals surface area contributed by atoms with E-state index in [9.17, 15) is 14.3 Å². The summed E-state index contributed by atoms with van der Waals surface area (Å²) < 4.78 is 18.7. The highest BCUT2D eigenvalue weighted by Crippen LogP contribution is 2.41. The van der Waals surface area contributed by atoms with E-state index in [0.717, 1.165) is 12.1 Å². The van der Waals surface area contributed by atoms with Crippen molar-refractivity contribution in [1.29, 1.82) is 0 Å². The van der Waals surface area contributed by atoms with E-state index in [1.54, 1.807) is 6.07 Å². The van der Waals surface area contributed by atoms with Crippen molar-refractivity contribution in [3.05, 3.63) is 29.6 Å². The molecule has 0 aromatic heterocycles. The largest absolute Gasteiger partial charge is 0.481 e. The summed E-state index contributed by atoms with van der Waals surface area (Å²) in [5.74, 6) is -2.14. The zero-order valence-corrected chi connectivity index (χ0v) is 9.73. The van der Waals surface area contributed by atoms with Crippen LogP contribution in [0.5, 0.6) is 0 Å². The van der Waals surface area contributed by atoms with Gasteiger partial charge in [0.15, 0.2) is 0 Å². The first-order valence-electron chi connectivity index (χ1n) is 6.03. The number of anilines is 1. The Kier molecular flexibility index (Phi) is 2.70. The Hall–Kier alpha value is -1.62. The van der Waals surface area contributed by atoms with Gasteiger partial charge in [-0.3, -0.25) is 4.79 Å². The number of nitrogens with one attached hydrogen (secondary N) is 1. The minimum absolute atomic E-state index is 0.0952. The molecule has 2 N–H and O–H groups in total. The van der Waals surface area contributed by atoms with Gasteiger partial charge in [0.25, 0.3) is 0 Å².